The first-order valence-electron chi connectivity index (χ1n) is 6.38. The lowest BCUT2D eigenvalue weighted by molar-refractivity contribution is 0.373. The van der Waals surface area contributed by atoms with Gasteiger partial charge in [-0.3, -0.25) is 0 Å². The van der Waals surface area contributed by atoms with Gasteiger partial charge in [0.05, 0.1) is 14.2 Å². The summed E-state index contributed by atoms with van der Waals surface area (Å²) in [5.74, 6) is 1.47. The number of ether oxygens (including phenoxy) is 2. The zero-order valence-corrected chi connectivity index (χ0v) is 11.9. The van der Waals surface area contributed by atoms with E-state index in [1.165, 1.54) is 7.11 Å². The maximum absolute atomic E-state index is 9.74. The smallest absolute Gasteiger partial charge is 0.160 e. The molecule has 106 valence electrons. The fourth-order valence-corrected chi connectivity index (χ4v) is 2.00. The number of benzene rings is 2. The van der Waals surface area contributed by atoms with Crippen LogP contribution in [0.15, 0.2) is 36.4 Å². The SMILES string of the molecule is COc1ccc(NCc2ccc(OC)c(O)c2)c(C)c1. The Hall–Kier alpha value is -2.36. The van der Waals surface area contributed by atoms with Gasteiger partial charge in [-0.05, 0) is 48.4 Å². The molecule has 0 aliphatic rings. The quantitative estimate of drug-likeness (QED) is 0.877. The lowest BCUT2D eigenvalue weighted by atomic mass is 10.1. The molecule has 0 radical (unpaired) electrons. The molecule has 0 unspecified atom stereocenters. The van der Waals surface area contributed by atoms with E-state index in [-0.39, 0.29) is 5.75 Å². The van der Waals surface area contributed by atoms with Crippen LogP contribution in [-0.4, -0.2) is 19.3 Å². The van der Waals surface area contributed by atoms with Crippen LogP contribution in [0.25, 0.3) is 0 Å². The van der Waals surface area contributed by atoms with Crippen molar-refractivity contribution in [1.29, 1.82) is 0 Å². The molecular weight excluding hydrogens is 254 g/mol. The van der Waals surface area contributed by atoms with Gasteiger partial charge in [0.15, 0.2) is 11.5 Å². The highest BCUT2D eigenvalue weighted by Crippen LogP contribution is 2.27. The Bertz CT molecular complexity index is 596. The Morgan fingerprint density at radius 3 is 2.45 bits per heavy atom. The molecule has 0 bridgehead atoms. The van der Waals surface area contributed by atoms with Crippen LogP contribution in [-0.2, 0) is 6.54 Å². The summed E-state index contributed by atoms with van der Waals surface area (Å²) in [4.78, 5) is 0. The van der Waals surface area contributed by atoms with Gasteiger partial charge in [0.25, 0.3) is 0 Å². The molecule has 0 aliphatic carbocycles. The van der Waals surface area contributed by atoms with Gasteiger partial charge < -0.3 is 19.9 Å². The van der Waals surface area contributed by atoms with Gasteiger partial charge in [-0.2, -0.15) is 0 Å². The van der Waals surface area contributed by atoms with Crippen molar-refractivity contribution < 1.29 is 14.6 Å². The second-order valence-electron chi connectivity index (χ2n) is 4.54. The number of anilines is 1. The summed E-state index contributed by atoms with van der Waals surface area (Å²) in [6.07, 6.45) is 0. The zero-order valence-electron chi connectivity index (χ0n) is 11.9. The van der Waals surface area contributed by atoms with Crippen molar-refractivity contribution in [2.45, 2.75) is 13.5 Å². The van der Waals surface area contributed by atoms with Crippen LogP contribution in [0, 0.1) is 6.92 Å². The second-order valence-corrected chi connectivity index (χ2v) is 4.54. The highest BCUT2D eigenvalue weighted by Gasteiger charge is 2.04. The first-order chi connectivity index (χ1) is 9.63. The van der Waals surface area contributed by atoms with Crippen molar-refractivity contribution in [3.63, 3.8) is 0 Å². The molecule has 0 saturated heterocycles. The molecule has 2 aromatic carbocycles. The minimum Gasteiger partial charge on any atom is -0.504 e. The summed E-state index contributed by atoms with van der Waals surface area (Å²) in [5.41, 5.74) is 3.14. The molecule has 4 nitrogen and oxygen atoms in total. The largest absolute Gasteiger partial charge is 0.504 e. The number of aryl methyl sites for hydroxylation is 1. The lowest BCUT2D eigenvalue weighted by Gasteiger charge is -2.12. The molecule has 0 atom stereocenters. The van der Waals surface area contributed by atoms with Crippen LogP contribution >= 0.6 is 0 Å². The molecule has 2 aromatic rings. The Kier molecular flexibility index (Phi) is 4.35. The number of hydrogen-bond acceptors (Lipinski definition) is 4. The van der Waals surface area contributed by atoms with Gasteiger partial charge in [-0.25, -0.2) is 0 Å². The standard InChI is InChI=1S/C16H19NO3/c1-11-8-13(19-2)5-6-14(11)17-10-12-4-7-16(20-3)15(18)9-12/h4-9,17-18H,10H2,1-3H3. The highest BCUT2D eigenvalue weighted by atomic mass is 16.5. The van der Waals surface area contributed by atoms with Crippen LogP contribution < -0.4 is 14.8 Å². The van der Waals surface area contributed by atoms with E-state index in [2.05, 4.69) is 5.32 Å². The van der Waals surface area contributed by atoms with Gasteiger partial charge in [0, 0.05) is 12.2 Å². The van der Waals surface area contributed by atoms with E-state index in [9.17, 15) is 5.11 Å². The lowest BCUT2D eigenvalue weighted by Crippen LogP contribution is -2.01. The van der Waals surface area contributed by atoms with Crippen LogP contribution in [0.2, 0.25) is 0 Å². The average Bonchev–Trinajstić information content (AvgIpc) is 2.46. The maximum Gasteiger partial charge on any atom is 0.160 e. The molecule has 0 heterocycles. The number of nitrogens with one attached hydrogen (secondary N) is 1. The first-order valence-corrected chi connectivity index (χ1v) is 6.38. The monoisotopic (exact) mass is 273 g/mol. The highest BCUT2D eigenvalue weighted by molar-refractivity contribution is 5.54. The summed E-state index contributed by atoms with van der Waals surface area (Å²) >= 11 is 0. The van der Waals surface area contributed by atoms with Gasteiger partial charge in [-0.1, -0.05) is 6.07 Å². The van der Waals surface area contributed by atoms with E-state index in [4.69, 9.17) is 9.47 Å². The molecule has 0 saturated carbocycles. The van der Waals surface area contributed by atoms with E-state index in [0.29, 0.717) is 12.3 Å². The molecule has 2 N–H and O–H groups in total. The molecule has 0 spiro atoms. The van der Waals surface area contributed by atoms with Crippen LogP contribution in [0.1, 0.15) is 11.1 Å². The number of methoxy groups -OCH3 is 2. The predicted octanol–water partition coefficient (Wildman–Crippen LogP) is 3.33. The summed E-state index contributed by atoms with van der Waals surface area (Å²) in [7, 11) is 3.19. The predicted molar refractivity (Wildman–Crippen MR) is 79.7 cm³/mol. The van der Waals surface area contributed by atoms with E-state index >= 15 is 0 Å². The third-order valence-corrected chi connectivity index (χ3v) is 3.16. The van der Waals surface area contributed by atoms with Crippen LogP contribution in [0.5, 0.6) is 17.2 Å². The molecule has 0 amide bonds. The van der Waals surface area contributed by atoms with Crippen molar-refractivity contribution in [3.05, 3.63) is 47.5 Å². The summed E-state index contributed by atoms with van der Waals surface area (Å²) < 4.78 is 10.2. The Morgan fingerprint density at radius 2 is 1.85 bits per heavy atom. The summed E-state index contributed by atoms with van der Waals surface area (Å²) in [6.45, 7) is 2.65. The molecule has 2 rings (SSSR count). The van der Waals surface area contributed by atoms with Crippen molar-refractivity contribution >= 4 is 5.69 Å². The molecule has 0 aromatic heterocycles. The molecule has 0 fully saturated rings. The number of aromatic hydroxyl groups is 1. The Balaban J connectivity index is 2.07. The first kappa shape index (κ1) is 14.1. The number of phenols is 1. The van der Waals surface area contributed by atoms with E-state index in [1.807, 2.05) is 31.2 Å². The van der Waals surface area contributed by atoms with Gasteiger partial charge in [-0.15, -0.1) is 0 Å². The number of rotatable bonds is 5. The molecular formula is C16H19NO3. The minimum atomic E-state index is 0.151. The van der Waals surface area contributed by atoms with Crippen molar-refractivity contribution in [2.24, 2.45) is 0 Å². The van der Waals surface area contributed by atoms with Crippen LogP contribution in [0.4, 0.5) is 5.69 Å². The van der Waals surface area contributed by atoms with E-state index in [1.54, 1.807) is 19.2 Å². The normalized spacial score (nSPS) is 10.2. The fraction of sp³-hybridized carbons (Fsp3) is 0.250. The minimum absolute atomic E-state index is 0.151. The Labute approximate surface area is 119 Å². The Morgan fingerprint density at radius 1 is 1.05 bits per heavy atom. The van der Waals surface area contributed by atoms with Gasteiger partial charge in [0.1, 0.15) is 5.75 Å². The number of hydrogen-bond donors (Lipinski definition) is 2. The van der Waals surface area contributed by atoms with Gasteiger partial charge in [0.2, 0.25) is 0 Å². The van der Waals surface area contributed by atoms with Crippen molar-refractivity contribution in [1.82, 2.24) is 0 Å². The second kappa shape index (κ2) is 6.19. The fourth-order valence-electron chi connectivity index (χ4n) is 2.00. The molecule has 0 aliphatic heterocycles. The van der Waals surface area contributed by atoms with Crippen molar-refractivity contribution in [2.75, 3.05) is 19.5 Å². The zero-order chi connectivity index (χ0) is 14.5. The topological polar surface area (TPSA) is 50.7 Å². The summed E-state index contributed by atoms with van der Waals surface area (Å²) in [6, 6.07) is 11.3. The molecule has 20 heavy (non-hydrogen) atoms. The van der Waals surface area contributed by atoms with Crippen molar-refractivity contribution in [3.8, 4) is 17.2 Å². The third kappa shape index (κ3) is 3.15. The number of phenolic OH excluding ortho intramolecular Hbond substituents is 1. The van der Waals surface area contributed by atoms with E-state index < -0.39 is 0 Å². The molecule has 4 heteroatoms. The average molecular weight is 273 g/mol. The third-order valence-electron chi connectivity index (χ3n) is 3.16. The summed E-state index contributed by atoms with van der Waals surface area (Å²) in [5, 5.41) is 13.1. The maximum atomic E-state index is 9.74. The van der Waals surface area contributed by atoms with E-state index in [0.717, 1.165) is 22.6 Å². The van der Waals surface area contributed by atoms with Gasteiger partial charge >= 0.3 is 0 Å². The van der Waals surface area contributed by atoms with Crippen LogP contribution in [0.3, 0.4) is 0 Å².